The average Bonchev–Trinajstić information content (AvgIpc) is 3.16. The van der Waals surface area contributed by atoms with Crippen LogP contribution in [0.5, 0.6) is 11.5 Å². The quantitative estimate of drug-likeness (QED) is 0.248. The first-order valence-corrected chi connectivity index (χ1v) is 10.3. The van der Waals surface area contributed by atoms with Crippen molar-refractivity contribution in [2.24, 2.45) is 5.10 Å². The van der Waals surface area contributed by atoms with E-state index < -0.39 is 0 Å². The number of para-hydroxylation sites is 2. The fraction of sp³-hybridized carbons (Fsp3) is 0.0909. The summed E-state index contributed by atoms with van der Waals surface area (Å²) >= 11 is 9.76. The Morgan fingerprint density at radius 3 is 2.77 bits per heavy atom. The molecule has 0 amide bonds. The van der Waals surface area contributed by atoms with Gasteiger partial charge in [0.15, 0.2) is 11.5 Å². The number of anilines is 1. The molecular weight excluding hydrogens is 468 g/mol. The fourth-order valence-electron chi connectivity index (χ4n) is 2.89. The van der Waals surface area contributed by atoms with E-state index in [1.165, 1.54) is 0 Å². The first kappa shape index (κ1) is 20.3. The van der Waals surface area contributed by atoms with Crippen molar-refractivity contribution in [3.63, 3.8) is 0 Å². The van der Waals surface area contributed by atoms with E-state index in [1.54, 1.807) is 13.3 Å². The molecule has 0 aliphatic carbocycles. The lowest BCUT2D eigenvalue weighted by atomic mass is 10.2. The lowest BCUT2D eigenvalue weighted by Crippen LogP contribution is -2.00. The van der Waals surface area contributed by atoms with Gasteiger partial charge in [0.25, 0.3) is 0 Å². The summed E-state index contributed by atoms with van der Waals surface area (Å²) in [6.45, 7) is 0.329. The van der Waals surface area contributed by atoms with Gasteiger partial charge < -0.3 is 14.5 Å². The van der Waals surface area contributed by atoms with Crippen LogP contribution in [-0.4, -0.2) is 23.3 Å². The molecule has 0 aliphatic heterocycles. The van der Waals surface area contributed by atoms with Crippen molar-refractivity contribution in [1.82, 2.24) is 9.97 Å². The molecule has 30 heavy (non-hydrogen) atoms. The zero-order chi connectivity index (χ0) is 20.9. The fourth-order valence-corrected chi connectivity index (χ4v) is 3.66. The second-order valence-corrected chi connectivity index (χ2v) is 7.65. The minimum atomic E-state index is 0.329. The monoisotopic (exact) mass is 484 g/mol. The van der Waals surface area contributed by atoms with Gasteiger partial charge in [-0.15, -0.1) is 0 Å². The van der Waals surface area contributed by atoms with Crippen LogP contribution in [0.15, 0.2) is 70.2 Å². The van der Waals surface area contributed by atoms with Crippen molar-refractivity contribution in [1.29, 1.82) is 0 Å². The van der Waals surface area contributed by atoms with Crippen LogP contribution < -0.4 is 14.9 Å². The maximum Gasteiger partial charge on any atom is 0.222 e. The van der Waals surface area contributed by atoms with Gasteiger partial charge in [0.2, 0.25) is 5.95 Å². The van der Waals surface area contributed by atoms with Gasteiger partial charge in [-0.05, 0) is 51.8 Å². The number of nitrogens with zero attached hydrogens (tertiary/aromatic N) is 2. The van der Waals surface area contributed by atoms with Crippen molar-refractivity contribution in [2.75, 3.05) is 12.5 Å². The van der Waals surface area contributed by atoms with Gasteiger partial charge in [-0.1, -0.05) is 41.9 Å². The molecular formula is C22H18BrClN4O2. The van der Waals surface area contributed by atoms with Crippen LogP contribution in [-0.2, 0) is 6.61 Å². The summed E-state index contributed by atoms with van der Waals surface area (Å²) < 4.78 is 12.2. The average molecular weight is 486 g/mol. The molecule has 0 spiro atoms. The number of H-pyrrole nitrogens is 1. The largest absolute Gasteiger partial charge is 0.493 e. The Balaban J connectivity index is 1.48. The minimum Gasteiger partial charge on any atom is -0.493 e. The second-order valence-electron chi connectivity index (χ2n) is 6.39. The lowest BCUT2D eigenvalue weighted by molar-refractivity contribution is 0.282. The summed E-state index contributed by atoms with van der Waals surface area (Å²) in [5, 5.41) is 4.92. The third-order valence-corrected chi connectivity index (χ3v) is 5.31. The standard InChI is InChI=1S/C22H18BrClN4O2/c1-29-20-11-14(12-25-28-22-26-18-8-4-5-9-19(18)27-22)10-16(23)21(20)30-13-15-6-2-3-7-17(15)24/h2-12H,13H2,1H3,(H2,26,27,28)/b25-12-. The zero-order valence-corrected chi connectivity index (χ0v) is 18.4. The van der Waals surface area contributed by atoms with Crippen molar-refractivity contribution >= 4 is 50.7 Å². The highest BCUT2D eigenvalue weighted by atomic mass is 79.9. The number of hydrogen-bond donors (Lipinski definition) is 2. The number of aromatic amines is 1. The maximum atomic E-state index is 6.21. The smallest absolute Gasteiger partial charge is 0.222 e. The summed E-state index contributed by atoms with van der Waals surface area (Å²) in [4.78, 5) is 7.59. The normalized spacial score (nSPS) is 11.2. The third kappa shape index (κ3) is 4.58. The van der Waals surface area contributed by atoms with Crippen molar-refractivity contribution in [3.8, 4) is 11.5 Å². The molecule has 0 atom stereocenters. The van der Waals surface area contributed by atoms with Gasteiger partial charge >= 0.3 is 0 Å². The van der Waals surface area contributed by atoms with E-state index in [2.05, 4.69) is 36.4 Å². The molecule has 1 heterocycles. The molecule has 0 saturated heterocycles. The summed E-state index contributed by atoms with van der Waals surface area (Å²) in [6, 6.07) is 19.1. The molecule has 4 rings (SSSR count). The van der Waals surface area contributed by atoms with Crippen LogP contribution in [0.25, 0.3) is 11.0 Å². The predicted octanol–water partition coefficient (Wildman–Crippen LogP) is 6.01. The zero-order valence-electron chi connectivity index (χ0n) is 16.0. The van der Waals surface area contributed by atoms with E-state index in [4.69, 9.17) is 21.1 Å². The first-order valence-electron chi connectivity index (χ1n) is 9.11. The molecule has 4 aromatic rings. The minimum absolute atomic E-state index is 0.329. The number of aromatic nitrogens is 2. The second kappa shape index (κ2) is 9.19. The van der Waals surface area contributed by atoms with Crippen molar-refractivity contribution in [3.05, 3.63) is 81.3 Å². The van der Waals surface area contributed by atoms with E-state index in [-0.39, 0.29) is 0 Å². The van der Waals surface area contributed by atoms with Crippen LogP contribution in [0.2, 0.25) is 5.02 Å². The van der Waals surface area contributed by atoms with Crippen molar-refractivity contribution in [2.45, 2.75) is 6.61 Å². The number of ether oxygens (including phenoxy) is 2. The summed E-state index contributed by atoms with van der Waals surface area (Å²) in [6.07, 6.45) is 1.68. The Labute approximate surface area is 187 Å². The molecule has 6 nitrogen and oxygen atoms in total. The van der Waals surface area contributed by atoms with E-state index >= 15 is 0 Å². The molecule has 0 fully saturated rings. The van der Waals surface area contributed by atoms with Crippen molar-refractivity contribution < 1.29 is 9.47 Å². The van der Waals surface area contributed by atoms with E-state index in [0.29, 0.717) is 29.1 Å². The lowest BCUT2D eigenvalue weighted by Gasteiger charge is -2.14. The molecule has 1 aromatic heterocycles. The summed E-state index contributed by atoms with van der Waals surface area (Å²) in [7, 11) is 1.59. The highest BCUT2D eigenvalue weighted by molar-refractivity contribution is 9.10. The Kier molecular flexibility index (Phi) is 6.21. The Morgan fingerprint density at radius 1 is 1.17 bits per heavy atom. The van der Waals surface area contributed by atoms with Crippen LogP contribution in [0.4, 0.5) is 5.95 Å². The van der Waals surface area contributed by atoms with Gasteiger partial charge in [-0.3, -0.25) is 0 Å². The van der Waals surface area contributed by atoms with E-state index in [0.717, 1.165) is 26.6 Å². The third-order valence-electron chi connectivity index (χ3n) is 4.36. The number of imidazole rings is 1. The van der Waals surface area contributed by atoms with E-state index in [1.807, 2.05) is 60.7 Å². The number of rotatable bonds is 7. The topological polar surface area (TPSA) is 71.5 Å². The molecule has 0 saturated carbocycles. The molecule has 0 radical (unpaired) electrons. The van der Waals surface area contributed by atoms with E-state index in [9.17, 15) is 0 Å². The van der Waals surface area contributed by atoms with Gasteiger partial charge in [0.1, 0.15) is 6.61 Å². The van der Waals surface area contributed by atoms with Crippen LogP contribution >= 0.6 is 27.5 Å². The number of benzene rings is 3. The predicted molar refractivity (Wildman–Crippen MR) is 124 cm³/mol. The highest BCUT2D eigenvalue weighted by Crippen LogP contribution is 2.37. The summed E-state index contributed by atoms with van der Waals surface area (Å²) in [5.41, 5.74) is 6.45. The van der Waals surface area contributed by atoms with Gasteiger partial charge in [0, 0.05) is 10.6 Å². The van der Waals surface area contributed by atoms with Crippen LogP contribution in [0.3, 0.4) is 0 Å². The van der Waals surface area contributed by atoms with Gasteiger partial charge in [0.05, 0.1) is 28.8 Å². The molecule has 0 unspecified atom stereocenters. The number of halogens is 2. The molecule has 0 bridgehead atoms. The van der Waals surface area contributed by atoms with Crippen LogP contribution in [0.1, 0.15) is 11.1 Å². The molecule has 8 heteroatoms. The Bertz CT molecular complexity index is 1180. The number of hydrazone groups is 1. The number of hydrogen-bond acceptors (Lipinski definition) is 5. The number of methoxy groups -OCH3 is 1. The molecule has 0 aliphatic rings. The first-order chi connectivity index (χ1) is 14.6. The molecule has 3 aromatic carbocycles. The highest BCUT2D eigenvalue weighted by Gasteiger charge is 2.12. The maximum absolute atomic E-state index is 6.21. The van der Waals surface area contributed by atoms with Crippen LogP contribution in [0, 0.1) is 0 Å². The summed E-state index contributed by atoms with van der Waals surface area (Å²) in [5.74, 6) is 1.75. The Morgan fingerprint density at radius 2 is 1.97 bits per heavy atom. The van der Waals surface area contributed by atoms with Gasteiger partial charge in [-0.25, -0.2) is 10.4 Å². The number of fused-ring (bicyclic) bond motifs is 1. The Hall–Kier alpha value is -3.03. The molecule has 2 N–H and O–H groups in total. The SMILES string of the molecule is COc1cc(/C=N\Nc2nc3ccccc3[nH]2)cc(Br)c1OCc1ccccc1Cl. The molecule has 152 valence electrons. The number of nitrogens with one attached hydrogen (secondary N) is 2. The van der Waals surface area contributed by atoms with Gasteiger partial charge in [-0.2, -0.15) is 5.10 Å².